The quantitative estimate of drug-likeness (QED) is 0.0697. The zero-order valence-electron chi connectivity index (χ0n) is 31.9. The molecule has 0 aromatic rings. The van der Waals surface area contributed by atoms with Crippen LogP contribution < -0.4 is 0 Å². The van der Waals surface area contributed by atoms with Crippen molar-refractivity contribution in [3.63, 3.8) is 0 Å². The van der Waals surface area contributed by atoms with Crippen molar-refractivity contribution in [3.05, 3.63) is 0 Å². The predicted molar refractivity (Wildman–Crippen MR) is 206 cm³/mol. The van der Waals surface area contributed by atoms with Crippen LogP contribution in [0.4, 0.5) is 0 Å². The van der Waals surface area contributed by atoms with Crippen LogP contribution in [0.25, 0.3) is 0 Å². The summed E-state index contributed by atoms with van der Waals surface area (Å²) < 4.78 is 22.7. The summed E-state index contributed by atoms with van der Waals surface area (Å²) in [5.41, 5.74) is 0. The highest BCUT2D eigenvalue weighted by Gasteiger charge is 2.36. The number of nitrogens with zero attached hydrogens (tertiary/aromatic N) is 2. The van der Waals surface area contributed by atoms with E-state index < -0.39 is 36.4 Å². The lowest BCUT2D eigenvalue weighted by atomic mass is 10.1. The third-order valence-electron chi connectivity index (χ3n) is 9.68. The van der Waals surface area contributed by atoms with Gasteiger partial charge in [-0.05, 0) is 25.7 Å². The van der Waals surface area contributed by atoms with Gasteiger partial charge in [-0.25, -0.2) is 9.59 Å². The van der Waals surface area contributed by atoms with Gasteiger partial charge in [0.25, 0.3) is 0 Å². The molecule has 0 bridgehead atoms. The van der Waals surface area contributed by atoms with Gasteiger partial charge < -0.3 is 29.2 Å². The maximum Gasteiger partial charge on any atom is 0.338 e. The Labute approximate surface area is 312 Å². The lowest BCUT2D eigenvalue weighted by molar-refractivity contribution is -0.179. The molecule has 6 atom stereocenters. The second-order valence-electron chi connectivity index (χ2n) is 14.0. The monoisotopic (exact) mass is 748 g/mol. The van der Waals surface area contributed by atoms with Gasteiger partial charge in [0.15, 0.2) is 12.2 Å². The second kappa shape index (κ2) is 28.8. The van der Waals surface area contributed by atoms with Gasteiger partial charge in [0, 0.05) is 61.3 Å². The fraction of sp³-hybridized carbons (Fsp3) is 0.947. The van der Waals surface area contributed by atoms with Gasteiger partial charge in [-0.15, -0.1) is 0 Å². The first kappa shape index (κ1) is 45.6. The number of esters is 2. The van der Waals surface area contributed by atoms with Gasteiger partial charge in [-0.2, -0.15) is 23.5 Å². The van der Waals surface area contributed by atoms with Gasteiger partial charge in [-0.3, -0.25) is 9.80 Å². The highest BCUT2D eigenvalue weighted by molar-refractivity contribution is 8.00. The zero-order chi connectivity index (χ0) is 36.4. The summed E-state index contributed by atoms with van der Waals surface area (Å²) in [6.45, 7) is 15.3. The first-order valence-electron chi connectivity index (χ1n) is 19.9. The van der Waals surface area contributed by atoms with E-state index in [2.05, 4.69) is 37.5 Å². The van der Waals surface area contributed by atoms with Gasteiger partial charge >= 0.3 is 11.9 Å². The average molecular weight is 749 g/mol. The minimum Gasteiger partial charge on any atom is -0.458 e. The molecule has 12 heteroatoms. The Balaban J connectivity index is 1.97. The summed E-state index contributed by atoms with van der Waals surface area (Å²) in [4.78, 5) is 30.9. The number of thioether (sulfide) groups is 2. The molecule has 0 aromatic heterocycles. The SMILES string of the molecule is CCCCCCCC(CC)SCC(CN1CCOCC1)OC(=O)C(O)C(O)C(=O)OC(CSC(CC)CCCCCCC)CN1CCOCC1. The highest BCUT2D eigenvalue weighted by Crippen LogP contribution is 2.25. The van der Waals surface area contributed by atoms with Gasteiger partial charge in [0.05, 0.1) is 26.4 Å². The van der Waals surface area contributed by atoms with Crippen LogP contribution in [0.2, 0.25) is 0 Å². The van der Waals surface area contributed by atoms with Crippen molar-refractivity contribution < 1.29 is 38.7 Å². The molecule has 0 radical (unpaired) electrons. The van der Waals surface area contributed by atoms with Crippen molar-refractivity contribution in [3.8, 4) is 0 Å². The van der Waals surface area contributed by atoms with Crippen LogP contribution in [0.15, 0.2) is 0 Å². The molecule has 0 aromatic carbocycles. The number of aliphatic hydroxyl groups excluding tert-OH is 2. The average Bonchev–Trinajstić information content (AvgIpc) is 3.13. The molecule has 2 heterocycles. The molecule has 0 aliphatic carbocycles. The molecular formula is C38H72N2O8S2. The maximum absolute atomic E-state index is 13.2. The molecule has 294 valence electrons. The van der Waals surface area contributed by atoms with E-state index in [9.17, 15) is 19.8 Å². The van der Waals surface area contributed by atoms with Crippen LogP contribution in [0.1, 0.15) is 118 Å². The lowest BCUT2D eigenvalue weighted by Crippen LogP contribution is -2.48. The van der Waals surface area contributed by atoms with Crippen molar-refractivity contribution in [2.75, 3.05) is 77.2 Å². The molecule has 2 N–H and O–H groups in total. The molecule has 2 aliphatic rings. The first-order valence-corrected chi connectivity index (χ1v) is 22.0. The topological polar surface area (TPSA) is 118 Å². The minimum atomic E-state index is -2.02. The van der Waals surface area contributed by atoms with Gasteiger partial charge in [0.2, 0.25) is 0 Å². The standard InChI is InChI=1S/C38H72N2O8S2/c1-5-9-11-13-15-17-33(7-3)49-29-31(27-39-19-23-45-24-20-39)47-37(43)35(41)36(42)38(44)48-32(28-40-21-25-46-26-22-40)30-50-34(8-4)18-16-14-12-10-6-2/h31-36,41-42H,5-30H2,1-4H3. The molecule has 10 nitrogen and oxygen atoms in total. The van der Waals surface area contributed by atoms with Crippen LogP contribution in [0.3, 0.4) is 0 Å². The van der Waals surface area contributed by atoms with Crippen LogP contribution in [0, 0.1) is 0 Å². The largest absolute Gasteiger partial charge is 0.458 e. The molecule has 2 aliphatic heterocycles. The van der Waals surface area contributed by atoms with Crippen molar-refractivity contribution in [2.24, 2.45) is 0 Å². The minimum absolute atomic E-state index is 0.461. The molecule has 0 saturated carbocycles. The van der Waals surface area contributed by atoms with Crippen LogP contribution >= 0.6 is 23.5 Å². The van der Waals surface area contributed by atoms with E-state index in [4.69, 9.17) is 18.9 Å². The zero-order valence-corrected chi connectivity index (χ0v) is 33.5. The van der Waals surface area contributed by atoms with E-state index in [0.717, 1.165) is 51.9 Å². The van der Waals surface area contributed by atoms with E-state index >= 15 is 0 Å². The third-order valence-corrected chi connectivity index (χ3v) is 12.9. The van der Waals surface area contributed by atoms with Crippen LogP contribution in [-0.2, 0) is 28.5 Å². The molecule has 6 unspecified atom stereocenters. The Kier molecular flexibility index (Phi) is 26.3. The van der Waals surface area contributed by atoms with Crippen molar-refractivity contribution in [1.82, 2.24) is 9.80 Å². The van der Waals surface area contributed by atoms with E-state index in [1.807, 2.05) is 0 Å². The van der Waals surface area contributed by atoms with Crippen molar-refractivity contribution in [1.29, 1.82) is 0 Å². The Morgan fingerprint density at radius 1 is 0.600 bits per heavy atom. The summed E-state index contributed by atoms with van der Waals surface area (Å²) >= 11 is 3.61. The van der Waals surface area contributed by atoms with E-state index in [0.29, 0.717) is 61.5 Å². The smallest absolute Gasteiger partial charge is 0.338 e. The number of morpholine rings is 2. The van der Waals surface area contributed by atoms with Crippen LogP contribution in [0.5, 0.6) is 0 Å². The maximum atomic E-state index is 13.2. The fourth-order valence-electron chi connectivity index (χ4n) is 6.37. The van der Waals surface area contributed by atoms with Crippen molar-refractivity contribution in [2.45, 2.75) is 153 Å². The molecule has 2 rings (SSSR count). The molecule has 50 heavy (non-hydrogen) atoms. The summed E-state index contributed by atoms with van der Waals surface area (Å²) in [5, 5.41) is 22.7. The number of hydrogen-bond donors (Lipinski definition) is 2. The van der Waals surface area contributed by atoms with E-state index in [1.165, 1.54) is 64.2 Å². The number of unbranched alkanes of at least 4 members (excludes halogenated alkanes) is 8. The summed E-state index contributed by atoms with van der Waals surface area (Å²) in [5.74, 6) is -0.817. The van der Waals surface area contributed by atoms with E-state index in [1.54, 1.807) is 23.5 Å². The number of carbonyl (C=O) groups is 2. The molecule has 0 spiro atoms. The Bertz CT molecular complexity index is 795. The van der Waals surface area contributed by atoms with E-state index in [-0.39, 0.29) is 0 Å². The molecule has 2 fully saturated rings. The second-order valence-corrected chi connectivity index (χ2v) is 16.6. The summed E-state index contributed by atoms with van der Waals surface area (Å²) in [6.07, 6.45) is 11.7. The van der Waals surface area contributed by atoms with Gasteiger partial charge in [-0.1, -0.05) is 91.9 Å². The first-order chi connectivity index (χ1) is 24.3. The molecule has 2 saturated heterocycles. The normalized spacial score (nSPS) is 19.7. The number of aliphatic hydroxyl groups is 2. The summed E-state index contributed by atoms with van der Waals surface area (Å²) in [7, 11) is 0. The van der Waals surface area contributed by atoms with Crippen molar-refractivity contribution >= 4 is 35.5 Å². The van der Waals surface area contributed by atoms with Crippen LogP contribution in [-0.4, -0.2) is 144 Å². The lowest BCUT2D eigenvalue weighted by Gasteiger charge is -2.32. The number of ether oxygens (including phenoxy) is 4. The Morgan fingerprint density at radius 3 is 1.30 bits per heavy atom. The number of hydrogen-bond acceptors (Lipinski definition) is 12. The number of rotatable bonds is 29. The fourth-order valence-corrected chi connectivity index (χ4v) is 8.82. The number of carbonyl (C=O) groups excluding carboxylic acids is 2. The molecular weight excluding hydrogens is 677 g/mol. The van der Waals surface area contributed by atoms with Gasteiger partial charge in [0.1, 0.15) is 12.2 Å². The Morgan fingerprint density at radius 2 is 0.960 bits per heavy atom. The molecule has 0 amide bonds. The third kappa shape index (κ3) is 20.0. The predicted octanol–water partition coefficient (Wildman–Crippen LogP) is 5.94. The Hall–Kier alpha value is -0.600. The summed E-state index contributed by atoms with van der Waals surface area (Å²) in [6, 6.07) is 0. The highest BCUT2D eigenvalue weighted by atomic mass is 32.2.